The molecular weight excluding hydrogens is 288 g/mol. The first-order valence-electron chi connectivity index (χ1n) is 4.38. The van der Waals surface area contributed by atoms with E-state index in [0.29, 0.717) is 19.5 Å². The molecule has 88 valence electrons. The van der Waals surface area contributed by atoms with Crippen LogP contribution in [0, 0.1) is 0 Å². The van der Waals surface area contributed by atoms with Crippen molar-refractivity contribution >= 4 is 32.0 Å². The van der Waals surface area contributed by atoms with E-state index in [1.54, 1.807) is 0 Å². The van der Waals surface area contributed by atoms with Crippen LogP contribution in [-0.2, 0) is 14.8 Å². The zero-order chi connectivity index (χ0) is 11.5. The molecule has 0 aliphatic carbocycles. The third-order valence-corrected chi connectivity index (χ3v) is 5.32. The Morgan fingerprint density at radius 3 is 2.87 bits per heavy atom. The molecule has 0 saturated carbocycles. The number of nitrogens with one attached hydrogen (secondary N) is 1. The Hall–Kier alpha value is -0.340. The lowest BCUT2D eigenvalue weighted by Crippen LogP contribution is -2.38. The van der Waals surface area contributed by atoms with Gasteiger partial charge in [0.2, 0.25) is 10.0 Å². The summed E-state index contributed by atoms with van der Waals surface area (Å²) in [5.74, 6) is 0. The van der Waals surface area contributed by atoms with Crippen molar-refractivity contribution < 1.29 is 17.9 Å². The number of carbonyl (C=O) groups excluding carboxylic acids is 1. The Balaban J connectivity index is 2.50. The molecule has 0 bridgehead atoms. The molecule has 8 heteroatoms. The number of carbonyl (C=O) groups is 1. The average Bonchev–Trinajstić information content (AvgIpc) is 2.66. The largest absolute Gasteiger partial charge is 0.453 e. The van der Waals surface area contributed by atoms with Gasteiger partial charge >= 0.3 is 6.09 Å². The summed E-state index contributed by atoms with van der Waals surface area (Å²) in [7, 11) is -1.94. The SMILES string of the molecule is COC(=O)NC1CCN(S(=O)(=O)CBr)C1. The second kappa shape index (κ2) is 5.13. The van der Waals surface area contributed by atoms with Crippen molar-refractivity contribution in [1.29, 1.82) is 0 Å². The van der Waals surface area contributed by atoms with Gasteiger partial charge in [-0.15, -0.1) is 0 Å². The van der Waals surface area contributed by atoms with Gasteiger partial charge in [0.1, 0.15) is 4.66 Å². The van der Waals surface area contributed by atoms with Gasteiger partial charge < -0.3 is 10.1 Å². The summed E-state index contributed by atoms with van der Waals surface area (Å²) >= 11 is 2.92. The molecule has 1 N–H and O–H groups in total. The Morgan fingerprint density at radius 2 is 2.33 bits per heavy atom. The highest BCUT2D eigenvalue weighted by molar-refractivity contribution is 9.10. The molecule has 1 aliphatic rings. The second-order valence-electron chi connectivity index (χ2n) is 3.20. The van der Waals surface area contributed by atoms with E-state index >= 15 is 0 Å². The van der Waals surface area contributed by atoms with E-state index in [9.17, 15) is 13.2 Å². The van der Waals surface area contributed by atoms with Gasteiger partial charge in [-0.25, -0.2) is 13.2 Å². The molecule has 0 aromatic heterocycles. The molecule has 1 amide bonds. The number of hydrogen-bond acceptors (Lipinski definition) is 4. The molecule has 0 aromatic rings. The number of nitrogens with zero attached hydrogens (tertiary/aromatic N) is 1. The van der Waals surface area contributed by atoms with Gasteiger partial charge in [-0.2, -0.15) is 4.31 Å². The van der Waals surface area contributed by atoms with E-state index in [0.717, 1.165) is 0 Å². The Bertz CT molecular complexity index is 332. The van der Waals surface area contributed by atoms with Crippen LogP contribution < -0.4 is 5.32 Å². The van der Waals surface area contributed by atoms with E-state index < -0.39 is 16.1 Å². The molecule has 1 fully saturated rings. The van der Waals surface area contributed by atoms with Gasteiger partial charge in [-0.05, 0) is 6.42 Å². The van der Waals surface area contributed by atoms with Crippen molar-refractivity contribution in [2.24, 2.45) is 0 Å². The van der Waals surface area contributed by atoms with Crippen LogP contribution in [0.15, 0.2) is 0 Å². The minimum atomic E-state index is -3.22. The lowest BCUT2D eigenvalue weighted by Gasteiger charge is -2.14. The molecule has 1 unspecified atom stereocenters. The van der Waals surface area contributed by atoms with Crippen LogP contribution in [0.25, 0.3) is 0 Å². The van der Waals surface area contributed by atoms with Crippen LogP contribution in [0.1, 0.15) is 6.42 Å². The normalized spacial score (nSPS) is 22.7. The standard InChI is InChI=1S/C7H13BrN2O4S/c1-14-7(11)9-6-2-3-10(4-6)15(12,13)5-8/h6H,2-5H2,1H3,(H,9,11). The molecule has 0 radical (unpaired) electrons. The number of methoxy groups -OCH3 is 1. The highest BCUT2D eigenvalue weighted by Gasteiger charge is 2.31. The maximum Gasteiger partial charge on any atom is 0.407 e. The molecule has 6 nitrogen and oxygen atoms in total. The molecule has 1 heterocycles. The number of rotatable bonds is 3. The second-order valence-corrected chi connectivity index (χ2v) is 6.47. The summed E-state index contributed by atoms with van der Waals surface area (Å²) in [4.78, 5) is 10.9. The van der Waals surface area contributed by atoms with Gasteiger partial charge in [0, 0.05) is 19.1 Å². The lowest BCUT2D eigenvalue weighted by atomic mass is 10.3. The summed E-state index contributed by atoms with van der Waals surface area (Å²) in [6.07, 6.45) is 0.0829. The van der Waals surface area contributed by atoms with Crippen LogP contribution in [0.2, 0.25) is 0 Å². The summed E-state index contributed by atoms with van der Waals surface area (Å²) < 4.78 is 28.6. The van der Waals surface area contributed by atoms with Gasteiger partial charge in [0.05, 0.1) is 7.11 Å². The maximum atomic E-state index is 11.4. The predicted octanol–water partition coefficient (Wildman–Crippen LogP) is 0.0989. The van der Waals surface area contributed by atoms with Crippen LogP contribution in [0.5, 0.6) is 0 Å². The number of amides is 1. The quantitative estimate of drug-likeness (QED) is 0.750. The molecule has 15 heavy (non-hydrogen) atoms. The lowest BCUT2D eigenvalue weighted by molar-refractivity contribution is 0.167. The van der Waals surface area contributed by atoms with Crippen LogP contribution in [0.3, 0.4) is 0 Å². The molecule has 1 saturated heterocycles. The monoisotopic (exact) mass is 300 g/mol. The maximum absolute atomic E-state index is 11.4. The van der Waals surface area contributed by atoms with Crippen molar-refractivity contribution in [3.63, 3.8) is 0 Å². The first-order chi connectivity index (χ1) is 6.99. The molecular formula is C7H13BrN2O4S. The van der Waals surface area contributed by atoms with Crippen molar-refractivity contribution in [3.8, 4) is 0 Å². The minimum absolute atomic E-state index is 0.0923. The molecule has 1 atom stereocenters. The zero-order valence-corrected chi connectivity index (χ0v) is 10.7. The Morgan fingerprint density at radius 1 is 1.67 bits per heavy atom. The first kappa shape index (κ1) is 12.7. The van der Waals surface area contributed by atoms with E-state index in [1.807, 2.05) is 0 Å². The van der Waals surface area contributed by atoms with Crippen molar-refractivity contribution in [2.75, 3.05) is 24.9 Å². The summed E-state index contributed by atoms with van der Waals surface area (Å²) in [6.45, 7) is 0.742. The van der Waals surface area contributed by atoms with Crippen molar-refractivity contribution in [2.45, 2.75) is 12.5 Å². The fourth-order valence-electron chi connectivity index (χ4n) is 1.39. The number of halogens is 1. The van der Waals surface area contributed by atoms with Crippen LogP contribution in [-0.4, -0.2) is 49.7 Å². The Kier molecular flexibility index (Phi) is 4.35. The number of alkyl halides is 1. The molecule has 0 spiro atoms. The number of sulfonamides is 1. The predicted molar refractivity (Wildman–Crippen MR) is 58.2 cm³/mol. The molecule has 1 aliphatic heterocycles. The highest BCUT2D eigenvalue weighted by Crippen LogP contribution is 2.15. The first-order valence-corrected chi connectivity index (χ1v) is 7.11. The van der Waals surface area contributed by atoms with Crippen molar-refractivity contribution in [3.05, 3.63) is 0 Å². The van der Waals surface area contributed by atoms with Gasteiger partial charge in [0.25, 0.3) is 0 Å². The van der Waals surface area contributed by atoms with Crippen molar-refractivity contribution in [1.82, 2.24) is 9.62 Å². The van der Waals surface area contributed by atoms with Gasteiger partial charge in [-0.3, -0.25) is 0 Å². The fourth-order valence-corrected chi connectivity index (χ4v) is 3.19. The Labute approximate surface area is 97.1 Å². The van der Waals surface area contributed by atoms with E-state index in [4.69, 9.17) is 0 Å². The van der Waals surface area contributed by atoms with Gasteiger partial charge in [-0.1, -0.05) is 15.9 Å². The van der Waals surface area contributed by atoms with Crippen LogP contribution in [0.4, 0.5) is 4.79 Å². The smallest absolute Gasteiger partial charge is 0.407 e. The molecule has 1 rings (SSSR count). The fraction of sp³-hybridized carbons (Fsp3) is 0.857. The van der Waals surface area contributed by atoms with E-state index in [-0.39, 0.29) is 10.7 Å². The number of alkyl carbamates (subject to hydrolysis) is 1. The number of ether oxygens (including phenoxy) is 1. The van der Waals surface area contributed by atoms with Gasteiger partial charge in [0.15, 0.2) is 0 Å². The van der Waals surface area contributed by atoms with E-state index in [2.05, 4.69) is 26.0 Å². The van der Waals surface area contributed by atoms with Crippen LogP contribution >= 0.6 is 15.9 Å². The zero-order valence-electron chi connectivity index (χ0n) is 8.27. The molecule has 0 aromatic carbocycles. The topological polar surface area (TPSA) is 75.7 Å². The number of hydrogen-bond donors (Lipinski definition) is 1. The highest BCUT2D eigenvalue weighted by atomic mass is 79.9. The van der Waals surface area contributed by atoms with E-state index in [1.165, 1.54) is 11.4 Å². The summed E-state index contributed by atoms with van der Waals surface area (Å²) in [6, 6.07) is -0.161. The third-order valence-electron chi connectivity index (χ3n) is 2.19. The minimum Gasteiger partial charge on any atom is -0.453 e. The summed E-state index contributed by atoms with van der Waals surface area (Å²) in [5.41, 5.74) is 0. The average molecular weight is 301 g/mol. The third kappa shape index (κ3) is 3.32. The summed E-state index contributed by atoms with van der Waals surface area (Å²) in [5, 5.41) is 2.57.